The molecule has 0 heterocycles. The van der Waals surface area contributed by atoms with Crippen molar-refractivity contribution < 1.29 is 28.6 Å². The van der Waals surface area contributed by atoms with Gasteiger partial charge in [0.05, 0.1) is 6.61 Å². The molecule has 1 fully saturated rings. The average Bonchev–Trinajstić information content (AvgIpc) is 3.10. The van der Waals surface area contributed by atoms with Crippen molar-refractivity contribution in [1.29, 1.82) is 0 Å². The van der Waals surface area contributed by atoms with E-state index in [1.165, 1.54) is 0 Å². The summed E-state index contributed by atoms with van der Waals surface area (Å²) < 4.78 is 15.9. The molecule has 2 atom stereocenters. The van der Waals surface area contributed by atoms with E-state index in [0.29, 0.717) is 12.8 Å². The minimum atomic E-state index is -1.35. The monoisotopic (exact) mass is 357 g/mol. The lowest BCUT2D eigenvalue weighted by Crippen LogP contribution is -2.55. The molecule has 0 radical (unpaired) electrons. The standard InChI is InChI=1S/C18H31NO6/c1-9-12-11-18(12,13(20)23-10-2)19(14(21)24-16(3,4)5)15(22)25-17(6,7)8/h12H,9-11H2,1-8H3/t12-,18-/m1/s1. The van der Waals surface area contributed by atoms with Gasteiger partial charge in [-0.25, -0.2) is 14.4 Å². The molecule has 0 saturated heterocycles. The van der Waals surface area contributed by atoms with Crippen molar-refractivity contribution in [1.82, 2.24) is 4.90 Å². The van der Waals surface area contributed by atoms with Crippen LogP contribution in [0.4, 0.5) is 9.59 Å². The molecular weight excluding hydrogens is 326 g/mol. The van der Waals surface area contributed by atoms with Crippen molar-refractivity contribution in [3.63, 3.8) is 0 Å². The van der Waals surface area contributed by atoms with E-state index in [1.807, 2.05) is 6.92 Å². The Balaban J connectivity index is 3.26. The third-order valence-corrected chi connectivity index (χ3v) is 3.75. The Morgan fingerprint density at radius 3 is 1.68 bits per heavy atom. The molecule has 1 saturated carbocycles. The quantitative estimate of drug-likeness (QED) is 0.561. The smallest absolute Gasteiger partial charge is 0.420 e. The van der Waals surface area contributed by atoms with E-state index in [4.69, 9.17) is 14.2 Å². The molecule has 0 aliphatic heterocycles. The van der Waals surface area contributed by atoms with Crippen LogP contribution in [0.1, 0.15) is 68.2 Å². The van der Waals surface area contributed by atoms with Crippen LogP contribution in [0, 0.1) is 5.92 Å². The van der Waals surface area contributed by atoms with Crippen LogP contribution in [0.5, 0.6) is 0 Å². The van der Waals surface area contributed by atoms with Gasteiger partial charge in [0.2, 0.25) is 0 Å². The Morgan fingerprint density at radius 2 is 1.40 bits per heavy atom. The van der Waals surface area contributed by atoms with Gasteiger partial charge in [0.15, 0.2) is 5.54 Å². The molecule has 0 spiro atoms. The fourth-order valence-corrected chi connectivity index (χ4v) is 2.69. The molecule has 1 aliphatic carbocycles. The second-order valence-corrected chi connectivity index (χ2v) is 8.25. The molecule has 7 heteroatoms. The fraction of sp³-hybridized carbons (Fsp3) is 0.833. The summed E-state index contributed by atoms with van der Waals surface area (Å²) in [4.78, 5) is 38.9. The van der Waals surface area contributed by atoms with Crippen LogP contribution in [0.2, 0.25) is 0 Å². The maximum atomic E-state index is 12.7. The highest BCUT2D eigenvalue weighted by Crippen LogP contribution is 2.52. The number of ether oxygens (including phenoxy) is 3. The number of carbonyl (C=O) groups excluding carboxylic acids is 3. The molecule has 1 rings (SSSR count). The molecule has 0 aromatic heterocycles. The van der Waals surface area contributed by atoms with Gasteiger partial charge in [-0.15, -0.1) is 0 Å². The van der Waals surface area contributed by atoms with Crippen molar-refractivity contribution in [3.05, 3.63) is 0 Å². The lowest BCUT2D eigenvalue weighted by Gasteiger charge is -2.33. The predicted molar refractivity (Wildman–Crippen MR) is 92.1 cm³/mol. The fourth-order valence-electron chi connectivity index (χ4n) is 2.69. The van der Waals surface area contributed by atoms with Gasteiger partial charge in [-0.2, -0.15) is 4.90 Å². The first-order chi connectivity index (χ1) is 11.3. The van der Waals surface area contributed by atoms with E-state index >= 15 is 0 Å². The lowest BCUT2D eigenvalue weighted by atomic mass is 10.1. The van der Waals surface area contributed by atoms with Gasteiger partial charge in [0.1, 0.15) is 11.2 Å². The first-order valence-corrected chi connectivity index (χ1v) is 8.72. The molecule has 144 valence electrons. The van der Waals surface area contributed by atoms with Crippen molar-refractivity contribution in [2.24, 2.45) is 5.92 Å². The number of hydrogen-bond acceptors (Lipinski definition) is 6. The summed E-state index contributed by atoms with van der Waals surface area (Å²) in [7, 11) is 0. The third-order valence-electron chi connectivity index (χ3n) is 3.75. The highest BCUT2D eigenvalue weighted by Gasteiger charge is 2.69. The number of rotatable bonds is 4. The molecule has 0 bridgehead atoms. The van der Waals surface area contributed by atoms with Crippen LogP contribution in [0.3, 0.4) is 0 Å². The number of esters is 1. The van der Waals surface area contributed by atoms with Crippen LogP contribution in [0.15, 0.2) is 0 Å². The van der Waals surface area contributed by atoms with Crippen LogP contribution in [0.25, 0.3) is 0 Å². The topological polar surface area (TPSA) is 82.1 Å². The van der Waals surface area contributed by atoms with Crippen molar-refractivity contribution >= 4 is 18.2 Å². The van der Waals surface area contributed by atoms with Gasteiger partial charge < -0.3 is 14.2 Å². The highest BCUT2D eigenvalue weighted by molar-refractivity contribution is 5.99. The van der Waals surface area contributed by atoms with Gasteiger partial charge in [-0.05, 0) is 60.8 Å². The largest absolute Gasteiger partial charge is 0.464 e. The summed E-state index contributed by atoms with van der Waals surface area (Å²) in [5.74, 6) is -0.773. The predicted octanol–water partition coefficient (Wildman–Crippen LogP) is 3.89. The molecule has 0 aromatic rings. The summed E-state index contributed by atoms with van der Waals surface area (Å²) in [5.41, 5.74) is -2.98. The minimum absolute atomic E-state index is 0.160. The van der Waals surface area contributed by atoms with Gasteiger partial charge in [0.25, 0.3) is 0 Å². The second-order valence-electron chi connectivity index (χ2n) is 8.25. The molecule has 0 unspecified atom stereocenters. The van der Waals surface area contributed by atoms with Gasteiger partial charge >= 0.3 is 18.2 Å². The van der Waals surface area contributed by atoms with Crippen molar-refractivity contribution in [3.8, 4) is 0 Å². The molecule has 0 aromatic carbocycles. The van der Waals surface area contributed by atoms with Crippen LogP contribution in [-0.2, 0) is 19.0 Å². The Morgan fingerprint density at radius 1 is 0.960 bits per heavy atom. The second kappa shape index (κ2) is 7.22. The molecule has 1 aliphatic rings. The van der Waals surface area contributed by atoms with E-state index in [-0.39, 0.29) is 12.5 Å². The first kappa shape index (κ1) is 21.3. The van der Waals surface area contributed by atoms with Crippen LogP contribution >= 0.6 is 0 Å². The van der Waals surface area contributed by atoms with E-state index in [9.17, 15) is 14.4 Å². The molecular formula is C18H31NO6. The first-order valence-electron chi connectivity index (χ1n) is 8.72. The lowest BCUT2D eigenvalue weighted by molar-refractivity contribution is -0.151. The molecule has 0 N–H and O–H groups in total. The van der Waals surface area contributed by atoms with Crippen LogP contribution < -0.4 is 0 Å². The number of carbonyl (C=O) groups is 3. The van der Waals surface area contributed by atoms with Crippen molar-refractivity contribution in [2.45, 2.75) is 85.0 Å². The van der Waals surface area contributed by atoms with E-state index in [2.05, 4.69) is 0 Å². The number of hydrogen-bond donors (Lipinski definition) is 0. The summed E-state index contributed by atoms with van der Waals surface area (Å²) in [6, 6.07) is 0. The van der Waals surface area contributed by atoms with E-state index in [1.54, 1.807) is 48.5 Å². The normalized spacial score (nSPS) is 22.8. The SMILES string of the molecule is CCOC(=O)[C@@]1(N(C(=O)OC(C)(C)C)C(=O)OC(C)(C)C)C[C@H]1CC. The van der Waals surface area contributed by atoms with Gasteiger partial charge in [-0.1, -0.05) is 13.3 Å². The summed E-state index contributed by atoms with van der Waals surface area (Å²) >= 11 is 0. The Kier molecular flexibility index (Phi) is 6.13. The van der Waals surface area contributed by atoms with E-state index < -0.39 is 34.9 Å². The Labute approximate surface area is 150 Å². The van der Waals surface area contributed by atoms with Crippen molar-refractivity contribution in [2.75, 3.05) is 6.61 Å². The summed E-state index contributed by atoms with van der Waals surface area (Å²) in [6.45, 7) is 13.9. The third kappa shape index (κ3) is 5.09. The molecule has 25 heavy (non-hydrogen) atoms. The van der Waals surface area contributed by atoms with Gasteiger partial charge in [0, 0.05) is 0 Å². The number of nitrogens with zero attached hydrogens (tertiary/aromatic N) is 1. The average molecular weight is 357 g/mol. The number of imide groups is 1. The molecule has 2 amide bonds. The highest BCUT2D eigenvalue weighted by atomic mass is 16.6. The zero-order valence-electron chi connectivity index (χ0n) is 16.6. The minimum Gasteiger partial charge on any atom is -0.464 e. The Hall–Kier alpha value is -1.79. The van der Waals surface area contributed by atoms with Crippen LogP contribution in [-0.4, -0.2) is 46.4 Å². The zero-order valence-corrected chi connectivity index (χ0v) is 16.6. The summed E-state index contributed by atoms with van der Waals surface area (Å²) in [6.07, 6.45) is -0.821. The van der Waals surface area contributed by atoms with E-state index in [0.717, 1.165) is 4.90 Å². The summed E-state index contributed by atoms with van der Waals surface area (Å²) in [5, 5.41) is 0. The maximum absolute atomic E-state index is 12.7. The number of amides is 2. The van der Waals surface area contributed by atoms with Gasteiger partial charge in [-0.3, -0.25) is 0 Å². The zero-order chi connectivity index (χ0) is 19.6. The Bertz CT molecular complexity index is 503. The maximum Gasteiger partial charge on any atom is 0.420 e. The molecule has 7 nitrogen and oxygen atoms in total.